The molecule has 1 N–H and O–H groups in total. The second kappa shape index (κ2) is 8.81. The number of hydrogen-bond donors (Lipinski definition) is 1. The number of sulfonamides is 1. The average Bonchev–Trinajstić information content (AvgIpc) is 3.20. The van der Waals surface area contributed by atoms with E-state index in [0.29, 0.717) is 18.4 Å². The van der Waals surface area contributed by atoms with Crippen molar-refractivity contribution in [2.75, 3.05) is 19.6 Å². The maximum Gasteiger partial charge on any atom is 0.215 e. The van der Waals surface area contributed by atoms with Crippen LogP contribution in [0, 0.1) is 5.92 Å². The van der Waals surface area contributed by atoms with Gasteiger partial charge in [-0.15, -0.1) is 0 Å². The van der Waals surface area contributed by atoms with Crippen molar-refractivity contribution in [3.8, 4) is 11.3 Å². The number of aromatic nitrogens is 2. The van der Waals surface area contributed by atoms with E-state index >= 15 is 0 Å². The molecule has 3 aliphatic rings. The van der Waals surface area contributed by atoms with E-state index in [-0.39, 0.29) is 11.8 Å². The monoisotopic (exact) mass is 450 g/mol. The zero-order valence-corrected chi connectivity index (χ0v) is 19.2. The topological polar surface area (TPSA) is 67.2 Å². The summed E-state index contributed by atoms with van der Waals surface area (Å²) in [4.78, 5) is 2.46. The maximum absolute atomic E-state index is 12.6. The molecule has 3 aliphatic heterocycles. The molecule has 4 atom stereocenters. The lowest BCUT2D eigenvalue weighted by Gasteiger charge is -2.50. The summed E-state index contributed by atoms with van der Waals surface area (Å²) >= 11 is 0. The standard InChI is InChI=1S/C25H30N4O2S/c1-28-25(15-24(27-28)20-10-6-3-7-11-20)23-17-29-13-12-21(23)14-22(29)16-26-32(30,31)18-19-8-4-2-5-9-19/h2-11,15,21-23,26H,12-14,16-18H2,1H3. The molecule has 0 radical (unpaired) electrons. The molecule has 7 heteroatoms. The molecule has 0 aliphatic carbocycles. The molecule has 6 rings (SSSR count). The second-order valence-electron chi connectivity index (χ2n) is 9.08. The Morgan fingerprint density at radius 3 is 2.47 bits per heavy atom. The summed E-state index contributed by atoms with van der Waals surface area (Å²) in [6.07, 6.45) is 2.17. The molecule has 0 spiro atoms. The Morgan fingerprint density at radius 1 is 1.06 bits per heavy atom. The summed E-state index contributed by atoms with van der Waals surface area (Å²) in [5.74, 6) is 1.03. The summed E-state index contributed by atoms with van der Waals surface area (Å²) in [5.41, 5.74) is 4.25. The minimum absolute atomic E-state index is 0.0316. The first-order chi connectivity index (χ1) is 15.5. The molecule has 168 valence electrons. The highest BCUT2D eigenvalue weighted by molar-refractivity contribution is 7.88. The number of rotatable bonds is 7. The predicted octanol–water partition coefficient (Wildman–Crippen LogP) is 3.38. The zero-order chi connectivity index (χ0) is 22.1. The van der Waals surface area contributed by atoms with Crippen LogP contribution in [0.2, 0.25) is 0 Å². The van der Waals surface area contributed by atoms with Gasteiger partial charge < -0.3 is 0 Å². The number of nitrogens with zero attached hydrogens (tertiary/aromatic N) is 3. The summed E-state index contributed by atoms with van der Waals surface area (Å²) in [6, 6.07) is 22.2. The van der Waals surface area contributed by atoms with Gasteiger partial charge in [-0.1, -0.05) is 60.7 Å². The van der Waals surface area contributed by atoms with Crippen LogP contribution in [0.3, 0.4) is 0 Å². The molecular formula is C25H30N4O2S. The smallest absolute Gasteiger partial charge is 0.215 e. The Bertz CT molecular complexity index is 1160. The lowest BCUT2D eigenvalue weighted by atomic mass is 9.74. The van der Waals surface area contributed by atoms with Gasteiger partial charge in [-0.3, -0.25) is 9.58 Å². The number of aryl methyl sites for hydroxylation is 1. The first-order valence-electron chi connectivity index (χ1n) is 11.3. The molecule has 2 bridgehead atoms. The van der Waals surface area contributed by atoms with Crippen LogP contribution < -0.4 is 4.72 Å². The number of fused-ring (bicyclic) bond motifs is 3. The largest absolute Gasteiger partial charge is 0.298 e. The fourth-order valence-electron chi connectivity index (χ4n) is 5.33. The van der Waals surface area contributed by atoms with Crippen molar-refractivity contribution in [3.05, 3.63) is 78.0 Å². The predicted molar refractivity (Wildman–Crippen MR) is 127 cm³/mol. The number of hydrogen-bond acceptors (Lipinski definition) is 4. The van der Waals surface area contributed by atoms with Crippen LogP contribution >= 0.6 is 0 Å². The van der Waals surface area contributed by atoms with Crippen LogP contribution in [0.25, 0.3) is 11.3 Å². The van der Waals surface area contributed by atoms with E-state index in [4.69, 9.17) is 5.10 Å². The Labute approximate surface area is 190 Å². The number of benzene rings is 2. The quantitative estimate of drug-likeness (QED) is 0.599. The molecule has 32 heavy (non-hydrogen) atoms. The van der Waals surface area contributed by atoms with E-state index in [2.05, 4.69) is 27.8 Å². The molecule has 3 fully saturated rings. The van der Waals surface area contributed by atoms with Gasteiger partial charge in [-0.2, -0.15) is 5.10 Å². The van der Waals surface area contributed by atoms with Crippen molar-refractivity contribution in [3.63, 3.8) is 0 Å². The van der Waals surface area contributed by atoms with Crippen LogP contribution in [-0.2, 0) is 22.8 Å². The SMILES string of the molecule is Cn1nc(-c2ccccc2)cc1C1CN2CCC1CC2CNS(=O)(=O)Cc1ccccc1. The molecule has 0 amide bonds. The van der Waals surface area contributed by atoms with Crippen molar-refractivity contribution >= 4 is 10.0 Å². The molecule has 3 saturated heterocycles. The summed E-state index contributed by atoms with van der Waals surface area (Å²) < 4.78 is 30.1. The highest BCUT2D eigenvalue weighted by Gasteiger charge is 2.42. The van der Waals surface area contributed by atoms with Gasteiger partial charge in [0.25, 0.3) is 0 Å². The molecule has 3 aromatic rings. The van der Waals surface area contributed by atoms with Crippen LogP contribution in [0.5, 0.6) is 0 Å². The fourth-order valence-corrected chi connectivity index (χ4v) is 6.51. The number of nitrogens with one attached hydrogen (secondary N) is 1. The summed E-state index contributed by atoms with van der Waals surface area (Å²) in [7, 11) is -1.31. The Hall–Kier alpha value is -2.48. The molecule has 4 unspecified atom stereocenters. The highest BCUT2D eigenvalue weighted by Crippen LogP contribution is 2.42. The third-order valence-electron chi connectivity index (χ3n) is 6.98. The van der Waals surface area contributed by atoms with Gasteiger partial charge in [0.05, 0.1) is 11.4 Å². The zero-order valence-electron chi connectivity index (χ0n) is 18.4. The van der Waals surface area contributed by atoms with E-state index in [9.17, 15) is 8.42 Å². The van der Waals surface area contributed by atoms with Crippen LogP contribution in [0.4, 0.5) is 0 Å². The van der Waals surface area contributed by atoms with Gasteiger partial charge in [0.15, 0.2) is 0 Å². The van der Waals surface area contributed by atoms with E-state index < -0.39 is 10.0 Å². The lowest BCUT2D eigenvalue weighted by Crippen LogP contribution is -2.56. The van der Waals surface area contributed by atoms with E-state index in [1.807, 2.05) is 60.3 Å². The minimum atomic E-state index is -3.34. The van der Waals surface area contributed by atoms with Gasteiger partial charge in [-0.25, -0.2) is 13.1 Å². The van der Waals surface area contributed by atoms with Crippen LogP contribution in [0.1, 0.15) is 30.0 Å². The van der Waals surface area contributed by atoms with E-state index in [1.54, 1.807) is 0 Å². The van der Waals surface area contributed by atoms with Crippen molar-refractivity contribution in [2.45, 2.75) is 30.6 Å². The van der Waals surface area contributed by atoms with Gasteiger partial charge in [0.1, 0.15) is 0 Å². The first kappa shape index (κ1) is 21.4. The Balaban J connectivity index is 1.24. The maximum atomic E-state index is 12.6. The van der Waals surface area contributed by atoms with Gasteiger partial charge in [0.2, 0.25) is 10.0 Å². The van der Waals surface area contributed by atoms with Crippen molar-refractivity contribution < 1.29 is 8.42 Å². The van der Waals surface area contributed by atoms with E-state index in [1.165, 1.54) is 5.69 Å². The molecule has 1 aromatic heterocycles. The fraction of sp³-hybridized carbons (Fsp3) is 0.400. The van der Waals surface area contributed by atoms with E-state index in [0.717, 1.165) is 42.8 Å². The Morgan fingerprint density at radius 2 is 1.78 bits per heavy atom. The van der Waals surface area contributed by atoms with Crippen molar-refractivity contribution in [2.24, 2.45) is 13.0 Å². The molecule has 0 saturated carbocycles. The van der Waals surface area contributed by atoms with Gasteiger partial charge in [0, 0.05) is 43.4 Å². The molecule has 4 heterocycles. The third kappa shape index (κ3) is 4.51. The van der Waals surface area contributed by atoms with Gasteiger partial charge in [-0.05, 0) is 36.9 Å². The number of piperidine rings is 3. The Kier molecular flexibility index (Phi) is 5.88. The first-order valence-corrected chi connectivity index (χ1v) is 13.0. The summed E-state index contributed by atoms with van der Waals surface area (Å²) in [6.45, 7) is 2.48. The van der Waals surface area contributed by atoms with Crippen LogP contribution in [-0.4, -0.2) is 48.8 Å². The average molecular weight is 451 g/mol. The second-order valence-corrected chi connectivity index (χ2v) is 10.9. The normalized spacial score (nSPS) is 25.2. The van der Waals surface area contributed by atoms with Crippen LogP contribution in [0.15, 0.2) is 66.7 Å². The van der Waals surface area contributed by atoms with Crippen molar-refractivity contribution in [1.29, 1.82) is 0 Å². The van der Waals surface area contributed by atoms with Crippen molar-refractivity contribution in [1.82, 2.24) is 19.4 Å². The minimum Gasteiger partial charge on any atom is -0.298 e. The molecule has 6 nitrogen and oxygen atoms in total. The molecular weight excluding hydrogens is 420 g/mol. The third-order valence-corrected chi connectivity index (χ3v) is 8.30. The van der Waals surface area contributed by atoms with Gasteiger partial charge >= 0.3 is 0 Å². The summed E-state index contributed by atoms with van der Waals surface area (Å²) in [5, 5.41) is 4.77. The lowest BCUT2D eigenvalue weighted by molar-refractivity contribution is 0.0306. The highest BCUT2D eigenvalue weighted by atomic mass is 32.2. The molecule has 2 aromatic carbocycles.